The van der Waals surface area contributed by atoms with E-state index in [-0.39, 0.29) is 12.6 Å². The summed E-state index contributed by atoms with van der Waals surface area (Å²) in [5.41, 5.74) is 3.34. The van der Waals surface area contributed by atoms with Crippen molar-refractivity contribution in [2.24, 2.45) is 0 Å². The Morgan fingerprint density at radius 3 is 3.00 bits per heavy atom. The highest BCUT2D eigenvalue weighted by molar-refractivity contribution is 5.42. The van der Waals surface area contributed by atoms with Crippen LogP contribution in [0.15, 0.2) is 30.9 Å². The Labute approximate surface area is 106 Å². The van der Waals surface area contributed by atoms with E-state index in [9.17, 15) is 0 Å². The number of rotatable bonds is 5. The van der Waals surface area contributed by atoms with Crippen LogP contribution in [0.5, 0.6) is 0 Å². The van der Waals surface area contributed by atoms with E-state index in [2.05, 4.69) is 29.2 Å². The van der Waals surface area contributed by atoms with Crippen molar-refractivity contribution in [2.45, 2.75) is 26.4 Å². The van der Waals surface area contributed by atoms with Crippen molar-refractivity contribution in [1.82, 2.24) is 14.8 Å². The molecule has 2 heterocycles. The molecule has 0 aliphatic rings. The second-order valence-electron chi connectivity index (χ2n) is 4.31. The summed E-state index contributed by atoms with van der Waals surface area (Å²) in [7, 11) is 0. The molecule has 2 N–H and O–H groups in total. The smallest absolute Gasteiger partial charge is 0.0731 e. The van der Waals surface area contributed by atoms with Crippen LogP contribution in [0.25, 0.3) is 0 Å². The van der Waals surface area contributed by atoms with Crippen LogP contribution in [0, 0.1) is 6.92 Å². The lowest BCUT2D eigenvalue weighted by atomic mass is 10.1. The third kappa shape index (κ3) is 2.87. The van der Waals surface area contributed by atoms with Crippen LogP contribution in [-0.2, 0) is 6.54 Å². The van der Waals surface area contributed by atoms with Crippen LogP contribution in [0.4, 0.5) is 5.69 Å². The molecule has 0 aliphatic heterocycles. The van der Waals surface area contributed by atoms with Crippen molar-refractivity contribution in [3.63, 3.8) is 0 Å². The Balaban J connectivity index is 2.06. The number of aromatic nitrogens is 3. The van der Waals surface area contributed by atoms with Crippen LogP contribution >= 0.6 is 0 Å². The number of hydrogen-bond donors (Lipinski definition) is 2. The normalized spacial score (nSPS) is 12.4. The lowest BCUT2D eigenvalue weighted by molar-refractivity contribution is 0.269. The minimum Gasteiger partial charge on any atom is -0.394 e. The Morgan fingerprint density at radius 2 is 2.28 bits per heavy atom. The van der Waals surface area contributed by atoms with Gasteiger partial charge in [0.25, 0.3) is 0 Å². The SMILES string of the molecule is Cc1cnccc1C(C)Nc1cnn(CCO)c1. The third-order valence-electron chi connectivity index (χ3n) is 2.88. The third-order valence-corrected chi connectivity index (χ3v) is 2.88. The summed E-state index contributed by atoms with van der Waals surface area (Å²) in [6.07, 6.45) is 7.32. The van der Waals surface area contributed by atoms with E-state index >= 15 is 0 Å². The fourth-order valence-corrected chi connectivity index (χ4v) is 1.96. The molecule has 0 aliphatic carbocycles. The number of aliphatic hydroxyl groups is 1. The highest BCUT2D eigenvalue weighted by Gasteiger charge is 2.08. The van der Waals surface area contributed by atoms with Gasteiger partial charge in [0, 0.05) is 24.6 Å². The topological polar surface area (TPSA) is 63.0 Å². The first-order chi connectivity index (χ1) is 8.70. The molecular formula is C13H18N4O. The zero-order valence-corrected chi connectivity index (χ0v) is 10.7. The Kier molecular flexibility index (Phi) is 3.94. The van der Waals surface area contributed by atoms with Crippen LogP contribution < -0.4 is 5.32 Å². The number of pyridine rings is 1. The number of anilines is 1. The van der Waals surface area contributed by atoms with Crippen molar-refractivity contribution in [2.75, 3.05) is 11.9 Å². The molecule has 0 radical (unpaired) electrons. The predicted octanol–water partition coefficient (Wildman–Crippen LogP) is 1.75. The molecular weight excluding hydrogens is 228 g/mol. The number of aliphatic hydroxyl groups excluding tert-OH is 1. The minimum atomic E-state index is 0.0974. The second-order valence-corrected chi connectivity index (χ2v) is 4.31. The first-order valence-corrected chi connectivity index (χ1v) is 6.01. The first-order valence-electron chi connectivity index (χ1n) is 6.01. The van der Waals surface area contributed by atoms with Gasteiger partial charge in [-0.25, -0.2) is 0 Å². The van der Waals surface area contributed by atoms with Gasteiger partial charge in [-0.05, 0) is 31.0 Å². The zero-order chi connectivity index (χ0) is 13.0. The van der Waals surface area contributed by atoms with Crippen LogP contribution in [0.1, 0.15) is 24.1 Å². The van der Waals surface area contributed by atoms with Gasteiger partial charge >= 0.3 is 0 Å². The van der Waals surface area contributed by atoms with E-state index in [0.717, 1.165) is 5.69 Å². The van der Waals surface area contributed by atoms with Gasteiger partial charge in [-0.2, -0.15) is 5.10 Å². The molecule has 0 fully saturated rings. The average Bonchev–Trinajstić information content (AvgIpc) is 2.77. The van der Waals surface area contributed by atoms with Crippen LogP contribution in [0.3, 0.4) is 0 Å². The first kappa shape index (κ1) is 12.6. The Bertz CT molecular complexity index is 509. The predicted molar refractivity (Wildman–Crippen MR) is 70.3 cm³/mol. The van der Waals surface area contributed by atoms with Gasteiger partial charge in [0.2, 0.25) is 0 Å². The number of hydrogen-bond acceptors (Lipinski definition) is 4. The van der Waals surface area contributed by atoms with Crippen LogP contribution in [0.2, 0.25) is 0 Å². The number of nitrogens with zero attached hydrogens (tertiary/aromatic N) is 3. The molecule has 5 heteroatoms. The molecule has 96 valence electrons. The summed E-state index contributed by atoms with van der Waals surface area (Å²) in [5, 5.41) is 16.4. The summed E-state index contributed by atoms with van der Waals surface area (Å²) in [5.74, 6) is 0. The standard InChI is InChI=1S/C13H18N4O/c1-10-7-14-4-3-13(10)11(2)16-12-8-15-17(9-12)5-6-18/h3-4,7-9,11,16,18H,5-6H2,1-2H3. The van der Waals surface area contributed by atoms with E-state index in [1.54, 1.807) is 17.1 Å². The molecule has 0 spiro atoms. The molecule has 5 nitrogen and oxygen atoms in total. The average molecular weight is 246 g/mol. The largest absolute Gasteiger partial charge is 0.394 e. The fraction of sp³-hybridized carbons (Fsp3) is 0.385. The van der Waals surface area contributed by atoms with Crippen molar-refractivity contribution >= 4 is 5.69 Å². The van der Waals surface area contributed by atoms with E-state index in [4.69, 9.17) is 5.11 Å². The molecule has 0 bridgehead atoms. The van der Waals surface area contributed by atoms with Gasteiger partial charge in [-0.3, -0.25) is 9.67 Å². The zero-order valence-electron chi connectivity index (χ0n) is 10.7. The van der Waals surface area contributed by atoms with Gasteiger partial charge in [-0.15, -0.1) is 0 Å². The molecule has 2 rings (SSSR count). The van der Waals surface area contributed by atoms with Crippen molar-refractivity contribution in [1.29, 1.82) is 0 Å². The van der Waals surface area contributed by atoms with Gasteiger partial charge in [0.05, 0.1) is 25.0 Å². The lowest BCUT2D eigenvalue weighted by Crippen LogP contribution is -2.08. The number of aryl methyl sites for hydroxylation is 1. The summed E-state index contributed by atoms with van der Waals surface area (Å²) < 4.78 is 1.72. The summed E-state index contributed by atoms with van der Waals surface area (Å²) >= 11 is 0. The molecule has 1 unspecified atom stereocenters. The maximum Gasteiger partial charge on any atom is 0.0731 e. The molecule has 0 aromatic carbocycles. The van der Waals surface area contributed by atoms with Gasteiger partial charge < -0.3 is 10.4 Å². The molecule has 18 heavy (non-hydrogen) atoms. The van der Waals surface area contributed by atoms with Crippen molar-refractivity contribution < 1.29 is 5.11 Å². The van der Waals surface area contributed by atoms with Gasteiger partial charge in [0.1, 0.15) is 0 Å². The number of nitrogens with one attached hydrogen (secondary N) is 1. The monoisotopic (exact) mass is 246 g/mol. The highest BCUT2D eigenvalue weighted by atomic mass is 16.3. The van der Waals surface area contributed by atoms with E-state index in [1.165, 1.54) is 11.1 Å². The molecule has 2 aromatic rings. The minimum absolute atomic E-state index is 0.0974. The van der Waals surface area contributed by atoms with Crippen LogP contribution in [-0.4, -0.2) is 26.5 Å². The van der Waals surface area contributed by atoms with Gasteiger partial charge in [0.15, 0.2) is 0 Å². The Hall–Kier alpha value is -1.88. The summed E-state index contributed by atoms with van der Waals surface area (Å²) in [6, 6.07) is 2.21. The highest BCUT2D eigenvalue weighted by Crippen LogP contribution is 2.20. The summed E-state index contributed by atoms with van der Waals surface area (Å²) in [6.45, 7) is 4.77. The van der Waals surface area contributed by atoms with Crippen molar-refractivity contribution in [3.05, 3.63) is 42.0 Å². The maximum absolute atomic E-state index is 8.84. The van der Waals surface area contributed by atoms with Gasteiger partial charge in [-0.1, -0.05) is 0 Å². The fourth-order valence-electron chi connectivity index (χ4n) is 1.96. The van der Waals surface area contributed by atoms with E-state index in [1.807, 2.05) is 18.5 Å². The quantitative estimate of drug-likeness (QED) is 0.843. The van der Waals surface area contributed by atoms with E-state index < -0.39 is 0 Å². The van der Waals surface area contributed by atoms with Crippen molar-refractivity contribution in [3.8, 4) is 0 Å². The van der Waals surface area contributed by atoms with E-state index in [0.29, 0.717) is 6.54 Å². The lowest BCUT2D eigenvalue weighted by Gasteiger charge is -2.15. The molecule has 1 atom stereocenters. The molecule has 0 amide bonds. The Morgan fingerprint density at radius 1 is 1.44 bits per heavy atom. The summed E-state index contributed by atoms with van der Waals surface area (Å²) in [4.78, 5) is 4.09. The molecule has 2 aromatic heterocycles. The molecule has 0 saturated carbocycles. The molecule has 0 saturated heterocycles. The second kappa shape index (κ2) is 5.64. The maximum atomic E-state index is 8.84.